The molecule has 2 nitrogen and oxygen atoms in total. The maximum atomic E-state index is 11.4. The Hall–Kier alpha value is -0.790. The minimum absolute atomic E-state index is 0.00796. The van der Waals surface area contributed by atoms with Crippen LogP contribution in [0.2, 0.25) is 0 Å². The van der Waals surface area contributed by atoms with Gasteiger partial charge in [0.05, 0.1) is 0 Å². The first-order valence-corrected chi connectivity index (χ1v) is 6.17. The van der Waals surface area contributed by atoms with Crippen LogP contribution in [0.5, 0.6) is 0 Å². The van der Waals surface area contributed by atoms with Gasteiger partial charge in [0.2, 0.25) is 0 Å². The van der Waals surface area contributed by atoms with Crippen LogP contribution in [0.4, 0.5) is 0 Å². The highest BCUT2D eigenvalue weighted by atomic mass is 16.5. The lowest BCUT2D eigenvalue weighted by atomic mass is 10.0. The SMILES string of the molecule is CCCCC(=O)OC1CCC=CCCC1. The summed E-state index contributed by atoms with van der Waals surface area (Å²) in [6.45, 7) is 2.09. The van der Waals surface area contributed by atoms with E-state index in [1.54, 1.807) is 0 Å². The van der Waals surface area contributed by atoms with E-state index in [0.29, 0.717) is 6.42 Å². The zero-order valence-corrected chi connectivity index (χ0v) is 9.71. The molecule has 0 spiro atoms. The maximum absolute atomic E-state index is 11.4. The third kappa shape index (κ3) is 5.60. The number of rotatable bonds is 4. The summed E-state index contributed by atoms with van der Waals surface area (Å²) in [5.41, 5.74) is 0. The smallest absolute Gasteiger partial charge is 0.306 e. The first kappa shape index (κ1) is 12.3. The highest BCUT2D eigenvalue weighted by Crippen LogP contribution is 2.16. The van der Waals surface area contributed by atoms with E-state index in [0.717, 1.165) is 44.9 Å². The first-order chi connectivity index (χ1) is 7.33. The monoisotopic (exact) mass is 210 g/mol. The summed E-state index contributed by atoms with van der Waals surface area (Å²) in [6, 6.07) is 0. The van der Waals surface area contributed by atoms with Gasteiger partial charge in [-0.15, -0.1) is 0 Å². The quantitative estimate of drug-likeness (QED) is 0.523. The third-order valence-corrected chi connectivity index (χ3v) is 2.75. The normalized spacial score (nSPS) is 21.8. The number of esters is 1. The molecule has 0 aromatic carbocycles. The Morgan fingerprint density at radius 2 is 2.13 bits per heavy atom. The van der Waals surface area contributed by atoms with Gasteiger partial charge >= 0.3 is 5.97 Å². The van der Waals surface area contributed by atoms with Gasteiger partial charge in [-0.05, 0) is 38.5 Å². The molecule has 0 aliphatic heterocycles. The maximum Gasteiger partial charge on any atom is 0.306 e. The van der Waals surface area contributed by atoms with Crippen LogP contribution in [0.1, 0.15) is 58.3 Å². The lowest BCUT2D eigenvalue weighted by Gasteiger charge is -2.18. The molecule has 0 aromatic rings. The van der Waals surface area contributed by atoms with E-state index in [2.05, 4.69) is 19.1 Å². The topological polar surface area (TPSA) is 26.3 Å². The molecule has 0 saturated heterocycles. The molecule has 1 rings (SSSR count). The number of carbonyl (C=O) groups is 1. The van der Waals surface area contributed by atoms with Crippen LogP contribution >= 0.6 is 0 Å². The number of allylic oxidation sites excluding steroid dienone is 2. The van der Waals surface area contributed by atoms with Crippen molar-refractivity contribution in [3.8, 4) is 0 Å². The first-order valence-electron chi connectivity index (χ1n) is 6.17. The fraction of sp³-hybridized carbons (Fsp3) is 0.769. The molecule has 15 heavy (non-hydrogen) atoms. The Kier molecular flexibility index (Phi) is 6.14. The molecule has 86 valence electrons. The fourth-order valence-electron chi connectivity index (χ4n) is 1.81. The fourth-order valence-corrected chi connectivity index (χ4v) is 1.81. The lowest BCUT2D eigenvalue weighted by molar-refractivity contribution is -0.149. The summed E-state index contributed by atoms with van der Waals surface area (Å²) < 4.78 is 5.46. The second kappa shape index (κ2) is 7.49. The summed E-state index contributed by atoms with van der Waals surface area (Å²) in [5, 5.41) is 0. The summed E-state index contributed by atoms with van der Waals surface area (Å²) in [7, 11) is 0. The zero-order valence-electron chi connectivity index (χ0n) is 9.71. The van der Waals surface area contributed by atoms with Crippen molar-refractivity contribution in [2.75, 3.05) is 0 Å². The van der Waals surface area contributed by atoms with Crippen LogP contribution in [-0.4, -0.2) is 12.1 Å². The van der Waals surface area contributed by atoms with Crippen molar-refractivity contribution in [1.29, 1.82) is 0 Å². The van der Waals surface area contributed by atoms with Gasteiger partial charge in [-0.1, -0.05) is 25.5 Å². The highest BCUT2D eigenvalue weighted by Gasteiger charge is 2.13. The van der Waals surface area contributed by atoms with Crippen molar-refractivity contribution in [2.24, 2.45) is 0 Å². The molecule has 1 atom stereocenters. The van der Waals surface area contributed by atoms with Gasteiger partial charge in [-0.3, -0.25) is 4.79 Å². The van der Waals surface area contributed by atoms with E-state index in [1.807, 2.05) is 0 Å². The molecule has 0 aromatic heterocycles. The van der Waals surface area contributed by atoms with Crippen LogP contribution in [0.3, 0.4) is 0 Å². The predicted octanol–water partition coefficient (Wildman–Crippen LogP) is 3.61. The number of unbranched alkanes of at least 4 members (excludes halogenated alkanes) is 1. The van der Waals surface area contributed by atoms with Crippen LogP contribution in [0, 0.1) is 0 Å². The van der Waals surface area contributed by atoms with Gasteiger partial charge in [-0.25, -0.2) is 0 Å². The minimum Gasteiger partial charge on any atom is -0.462 e. The number of ether oxygens (including phenoxy) is 1. The molecular weight excluding hydrogens is 188 g/mol. The molecule has 0 heterocycles. The Bertz CT molecular complexity index is 209. The third-order valence-electron chi connectivity index (χ3n) is 2.75. The summed E-state index contributed by atoms with van der Waals surface area (Å²) in [4.78, 5) is 11.4. The summed E-state index contributed by atoms with van der Waals surface area (Å²) >= 11 is 0. The molecule has 0 bridgehead atoms. The summed E-state index contributed by atoms with van der Waals surface area (Å²) in [6.07, 6.45) is 12.5. The molecule has 1 aliphatic carbocycles. The molecule has 1 aliphatic rings. The van der Waals surface area contributed by atoms with Crippen molar-refractivity contribution in [3.05, 3.63) is 12.2 Å². The van der Waals surface area contributed by atoms with Crippen molar-refractivity contribution in [2.45, 2.75) is 64.4 Å². The van der Waals surface area contributed by atoms with Crippen molar-refractivity contribution in [3.63, 3.8) is 0 Å². The number of hydrogen-bond donors (Lipinski definition) is 0. The zero-order chi connectivity index (χ0) is 10.9. The van der Waals surface area contributed by atoms with Gasteiger partial charge < -0.3 is 4.74 Å². The van der Waals surface area contributed by atoms with Crippen molar-refractivity contribution in [1.82, 2.24) is 0 Å². The van der Waals surface area contributed by atoms with E-state index in [1.165, 1.54) is 0 Å². The Morgan fingerprint density at radius 1 is 1.33 bits per heavy atom. The molecule has 0 saturated carbocycles. The highest BCUT2D eigenvalue weighted by molar-refractivity contribution is 5.69. The second-order valence-electron chi connectivity index (χ2n) is 4.20. The van der Waals surface area contributed by atoms with Crippen LogP contribution in [0.15, 0.2) is 12.2 Å². The van der Waals surface area contributed by atoms with E-state index < -0.39 is 0 Å². The minimum atomic E-state index is -0.00796. The van der Waals surface area contributed by atoms with Gasteiger partial charge in [0.25, 0.3) is 0 Å². The molecule has 0 amide bonds. The van der Waals surface area contributed by atoms with Crippen LogP contribution in [-0.2, 0) is 9.53 Å². The average molecular weight is 210 g/mol. The van der Waals surface area contributed by atoms with Crippen LogP contribution < -0.4 is 0 Å². The predicted molar refractivity (Wildman–Crippen MR) is 61.6 cm³/mol. The van der Waals surface area contributed by atoms with Crippen molar-refractivity contribution < 1.29 is 9.53 Å². The van der Waals surface area contributed by atoms with Gasteiger partial charge in [0, 0.05) is 6.42 Å². The number of hydrogen-bond acceptors (Lipinski definition) is 2. The average Bonchev–Trinajstić information content (AvgIpc) is 2.19. The molecule has 0 radical (unpaired) electrons. The van der Waals surface area contributed by atoms with Gasteiger partial charge in [0.1, 0.15) is 6.10 Å². The second-order valence-corrected chi connectivity index (χ2v) is 4.20. The Morgan fingerprint density at radius 3 is 2.93 bits per heavy atom. The van der Waals surface area contributed by atoms with Gasteiger partial charge in [-0.2, -0.15) is 0 Å². The van der Waals surface area contributed by atoms with E-state index in [9.17, 15) is 4.79 Å². The van der Waals surface area contributed by atoms with E-state index in [4.69, 9.17) is 4.74 Å². The van der Waals surface area contributed by atoms with Crippen LogP contribution in [0.25, 0.3) is 0 Å². The van der Waals surface area contributed by atoms with Gasteiger partial charge in [0.15, 0.2) is 0 Å². The molecule has 0 N–H and O–H groups in total. The molecular formula is C13H22O2. The van der Waals surface area contributed by atoms with E-state index >= 15 is 0 Å². The number of carbonyl (C=O) groups excluding carboxylic acids is 1. The Labute approximate surface area is 92.7 Å². The standard InChI is InChI=1S/C13H22O2/c1-2-3-11-13(14)15-12-9-7-5-4-6-8-10-12/h4-5,12H,2-3,6-11H2,1H3. The molecule has 1 unspecified atom stereocenters. The largest absolute Gasteiger partial charge is 0.462 e. The molecule has 0 fully saturated rings. The Balaban J connectivity index is 2.23. The lowest BCUT2D eigenvalue weighted by Crippen LogP contribution is -2.18. The molecule has 2 heteroatoms. The van der Waals surface area contributed by atoms with Crippen molar-refractivity contribution >= 4 is 5.97 Å². The summed E-state index contributed by atoms with van der Waals surface area (Å²) in [5.74, 6) is -0.00796. The van der Waals surface area contributed by atoms with E-state index in [-0.39, 0.29) is 12.1 Å².